The van der Waals surface area contributed by atoms with Crippen LogP contribution in [0.3, 0.4) is 0 Å². The molecule has 0 atom stereocenters. The van der Waals surface area contributed by atoms with E-state index in [2.05, 4.69) is 74.3 Å². The average Bonchev–Trinajstić information content (AvgIpc) is 2.92. The van der Waals surface area contributed by atoms with Crippen molar-refractivity contribution in [1.29, 1.82) is 0 Å². The van der Waals surface area contributed by atoms with Gasteiger partial charge in [0.2, 0.25) is 11.9 Å². The van der Waals surface area contributed by atoms with E-state index in [1.807, 2.05) is 12.1 Å². The zero-order valence-electron chi connectivity index (χ0n) is 21.4. The first kappa shape index (κ1) is 26.6. The summed E-state index contributed by atoms with van der Waals surface area (Å²) in [6, 6.07) is 13.7. The molecular formula is C28H34ClN7O. The number of aryl methyl sites for hydroxylation is 1. The van der Waals surface area contributed by atoms with Crippen molar-refractivity contribution in [3.63, 3.8) is 0 Å². The van der Waals surface area contributed by atoms with Crippen molar-refractivity contribution in [2.45, 2.75) is 26.8 Å². The monoisotopic (exact) mass is 519 g/mol. The molecule has 2 aromatic carbocycles. The molecule has 3 N–H and O–H groups in total. The van der Waals surface area contributed by atoms with Crippen molar-refractivity contribution in [3.8, 4) is 0 Å². The zero-order chi connectivity index (χ0) is 26.2. The fourth-order valence-electron chi connectivity index (χ4n) is 4.34. The van der Waals surface area contributed by atoms with E-state index in [1.54, 1.807) is 18.3 Å². The maximum absolute atomic E-state index is 11.6. The van der Waals surface area contributed by atoms with E-state index in [4.69, 9.17) is 11.6 Å². The number of rotatable bonds is 10. The highest BCUT2D eigenvalue weighted by molar-refractivity contribution is 6.32. The van der Waals surface area contributed by atoms with Crippen molar-refractivity contribution in [1.82, 2.24) is 19.8 Å². The van der Waals surface area contributed by atoms with Crippen LogP contribution in [0.5, 0.6) is 0 Å². The summed E-state index contributed by atoms with van der Waals surface area (Å²) in [5.74, 6) is 0.624. The molecule has 1 aromatic heterocycles. The summed E-state index contributed by atoms with van der Waals surface area (Å²) >= 11 is 6.37. The van der Waals surface area contributed by atoms with Crippen molar-refractivity contribution < 1.29 is 4.79 Å². The summed E-state index contributed by atoms with van der Waals surface area (Å²) in [5.41, 5.74) is 4.97. The molecule has 8 nitrogen and oxygen atoms in total. The predicted octanol–water partition coefficient (Wildman–Crippen LogP) is 5.44. The maximum Gasteiger partial charge on any atom is 0.247 e. The van der Waals surface area contributed by atoms with E-state index in [1.165, 1.54) is 17.2 Å². The fourth-order valence-corrected chi connectivity index (χ4v) is 4.48. The molecule has 1 aliphatic rings. The summed E-state index contributed by atoms with van der Waals surface area (Å²) in [6.45, 7) is 14.5. The molecule has 1 fully saturated rings. The van der Waals surface area contributed by atoms with Crippen LogP contribution in [-0.2, 0) is 17.8 Å². The summed E-state index contributed by atoms with van der Waals surface area (Å²) in [4.78, 5) is 25.6. The van der Waals surface area contributed by atoms with Crippen molar-refractivity contribution in [2.75, 3.05) is 48.7 Å². The number of benzene rings is 2. The standard InChI is InChI=1S/C28H34ClN7O/c1-4-20-16-24(11-10-21(20)19-36-14-12-35(6-3)13-15-36)33-28-30-18-25(29)27(34-28)32-23-9-7-8-22(17-23)31-26(37)5-2/h5,7-11,16-18H,2,4,6,12-15,19H2,1,3H3,(H,31,37)(H2,30,32,33,34). The van der Waals surface area contributed by atoms with Gasteiger partial charge < -0.3 is 20.9 Å². The quantitative estimate of drug-likeness (QED) is 0.307. The highest BCUT2D eigenvalue weighted by Crippen LogP contribution is 2.27. The lowest BCUT2D eigenvalue weighted by molar-refractivity contribution is -0.111. The highest BCUT2D eigenvalue weighted by Gasteiger charge is 2.17. The van der Waals surface area contributed by atoms with Crippen LogP contribution in [0.1, 0.15) is 25.0 Å². The van der Waals surface area contributed by atoms with Gasteiger partial charge in [0.15, 0.2) is 5.82 Å². The van der Waals surface area contributed by atoms with Crippen LogP contribution in [0.4, 0.5) is 28.8 Å². The van der Waals surface area contributed by atoms with Gasteiger partial charge in [0.25, 0.3) is 0 Å². The summed E-state index contributed by atoms with van der Waals surface area (Å²) in [7, 11) is 0. The third-order valence-corrected chi connectivity index (χ3v) is 6.75. The molecule has 37 heavy (non-hydrogen) atoms. The Morgan fingerprint density at radius 3 is 2.46 bits per heavy atom. The number of piperazine rings is 1. The van der Waals surface area contributed by atoms with E-state index in [-0.39, 0.29) is 5.91 Å². The van der Waals surface area contributed by atoms with Gasteiger partial charge in [0, 0.05) is 49.8 Å². The highest BCUT2D eigenvalue weighted by atomic mass is 35.5. The van der Waals surface area contributed by atoms with Gasteiger partial charge >= 0.3 is 0 Å². The van der Waals surface area contributed by atoms with Crippen LogP contribution in [-0.4, -0.2) is 58.4 Å². The first-order chi connectivity index (χ1) is 18.0. The van der Waals surface area contributed by atoms with Crippen LogP contribution < -0.4 is 16.0 Å². The predicted molar refractivity (Wildman–Crippen MR) is 152 cm³/mol. The van der Waals surface area contributed by atoms with E-state index >= 15 is 0 Å². The first-order valence-corrected chi connectivity index (χ1v) is 13.0. The Morgan fingerprint density at radius 2 is 1.73 bits per heavy atom. The van der Waals surface area contributed by atoms with Gasteiger partial charge in [0.05, 0.1) is 6.20 Å². The molecule has 0 bridgehead atoms. The summed E-state index contributed by atoms with van der Waals surface area (Å²) in [5, 5.41) is 9.65. The first-order valence-electron chi connectivity index (χ1n) is 12.6. The van der Waals surface area contributed by atoms with Crippen molar-refractivity contribution in [3.05, 3.63) is 77.5 Å². The molecular weight excluding hydrogens is 486 g/mol. The normalized spacial score (nSPS) is 14.2. The molecule has 4 rings (SSSR count). The minimum absolute atomic E-state index is 0.278. The largest absolute Gasteiger partial charge is 0.339 e. The SMILES string of the molecule is C=CC(=O)Nc1cccc(Nc2nc(Nc3ccc(CN4CCN(CC)CC4)c(CC)c3)ncc2Cl)c1. The van der Waals surface area contributed by atoms with Crippen molar-refractivity contribution in [2.24, 2.45) is 0 Å². The average molecular weight is 520 g/mol. The Balaban J connectivity index is 1.44. The Bertz CT molecular complexity index is 1240. The molecule has 2 heterocycles. The molecule has 1 aliphatic heterocycles. The number of carbonyl (C=O) groups excluding carboxylic acids is 1. The smallest absolute Gasteiger partial charge is 0.247 e. The van der Waals surface area contributed by atoms with E-state index in [0.29, 0.717) is 22.5 Å². The van der Waals surface area contributed by atoms with Gasteiger partial charge in [-0.15, -0.1) is 0 Å². The van der Waals surface area contributed by atoms with E-state index in [9.17, 15) is 4.79 Å². The number of hydrogen-bond donors (Lipinski definition) is 3. The molecule has 0 spiro atoms. The van der Waals surface area contributed by atoms with Crippen molar-refractivity contribution >= 4 is 46.3 Å². The Labute approximate surface area is 223 Å². The molecule has 0 radical (unpaired) electrons. The van der Waals surface area contributed by atoms with Crippen LogP contribution >= 0.6 is 11.6 Å². The number of amides is 1. The number of nitrogens with one attached hydrogen (secondary N) is 3. The molecule has 3 aromatic rings. The maximum atomic E-state index is 11.6. The molecule has 194 valence electrons. The Morgan fingerprint density at radius 1 is 1.00 bits per heavy atom. The minimum Gasteiger partial charge on any atom is -0.339 e. The molecule has 1 saturated heterocycles. The lowest BCUT2D eigenvalue weighted by Gasteiger charge is -2.34. The Hall–Kier alpha value is -3.46. The van der Waals surface area contributed by atoms with Crippen LogP contribution in [0.2, 0.25) is 5.02 Å². The topological polar surface area (TPSA) is 85.4 Å². The zero-order valence-corrected chi connectivity index (χ0v) is 22.2. The van der Waals surface area contributed by atoms with Gasteiger partial charge in [-0.2, -0.15) is 4.98 Å². The lowest BCUT2D eigenvalue weighted by Crippen LogP contribution is -2.45. The molecule has 0 saturated carbocycles. The third kappa shape index (κ3) is 7.29. The third-order valence-electron chi connectivity index (χ3n) is 6.47. The molecule has 1 amide bonds. The van der Waals surface area contributed by atoms with Gasteiger partial charge in [-0.3, -0.25) is 9.69 Å². The number of halogens is 1. The number of nitrogens with zero attached hydrogens (tertiary/aromatic N) is 4. The number of likely N-dealkylation sites (N-methyl/N-ethyl adjacent to an activating group) is 1. The lowest BCUT2D eigenvalue weighted by atomic mass is 10.0. The summed E-state index contributed by atoms with van der Waals surface area (Å²) < 4.78 is 0. The van der Waals surface area contributed by atoms with Gasteiger partial charge in [-0.05, 0) is 60.5 Å². The fraction of sp³-hybridized carbons (Fsp3) is 0.321. The van der Waals surface area contributed by atoms with E-state index < -0.39 is 0 Å². The van der Waals surface area contributed by atoms with Gasteiger partial charge in [-0.1, -0.05) is 44.2 Å². The molecule has 0 aliphatic carbocycles. The number of aromatic nitrogens is 2. The molecule has 0 unspecified atom stereocenters. The summed E-state index contributed by atoms with van der Waals surface area (Å²) in [6.07, 6.45) is 3.74. The number of anilines is 5. The Kier molecular flexibility index (Phi) is 9.11. The van der Waals surface area contributed by atoms with Crippen LogP contribution in [0.25, 0.3) is 0 Å². The minimum atomic E-state index is -0.278. The van der Waals surface area contributed by atoms with E-state index in [0.717, 1.165) is 57.1 Å². The molecule has 9 heteroatoms. The van der Waals surface area contributed by atoms with Gasteiger partial charge in [0.1, 0.15) is 5.02 Å². The second-order valence-electron chi connectivity index (χ2n) is 8.96. The van der Waals surface area contributed by atoms with Crippen LogP contribution in [0, 0.1) is 0 Å². The van der Waals surface area contributed by atoms with Crippen LogP contribution in [0.15, 0.2) is 61.3 Å². The van der Waals surface area contributed by atoms with Gasteiger partial charge in [-0.25, -0.2) is 4.98 Å². The number of hydrogen-bond acceptors (Lipinski definition) is 7. The second-order valence-corrected chi connectivity index (χ2v) is 9.37. The second kappa shape index (κ2) is 12.7. The number of carbonyl (C=O) groups is 1.